The molecule has 0 saturated carbocycles. The molecule has 0 radical (unpaired) electrons. The van der Waals surface area contributed by atoms with Crippen LogP contribution in [0.3, 0.4) is 0 Å². The lowest BCUT2D eigenvalue weighted by Gasteiger charge is -2.16. The largest absolute Gasteiger partial charge is 0.469 e. The monoisotopic (exact) mass is 443 g/mol. The molecule has 1 aliphatic heterocycles. The second kappa shape index (κ2) is 9.78. The number of hydrogen-bond acceptors (Lipinski definition) is 7. The molecule has 11 nitrogen and oxygen atoms in total. The van der Waals surface area contributed by atoms with Gasteiger partial charge in [0.25, 0.3) is 5.56 Å². The molecule has 1 aliphatic rings. The quantitative estimate of drug-likeness (QED) is 0.496. The van der Waals surface area contributed by atoms with Gasteiger partial charge in [-0.15, -0.1) is 0 Å². The van der Waals surface area contributed by atoms with Gasteiger partial charge in [-0.2, -0.15) is 0 Å². The number of hydrogen-bond donors (Lipinski definition) is 4. The van der Waals surface area contributed by atoms with Crippen LogP contribution in [0.1, 0.15) is 35.0 Å². The number of aliphatic hydroxyl groups is 1. The van der Waals surface area contributed by atoms with Crippen molar-refractivity contribution in [3.63, 3.8) is 0 Å². The number of phosphoric acid groups is 1. The summed E-state index contributed by atoms with van der Waals surface area (Å²) >= 11 is 0. The Hall–Kier alpha value is -2.14. The van der Waals surface area contributed by atoms with E-state index in [1.54, 1.807) is 0 Å². The number of rotatable bonds is 4. The predicted molar refractivity (Wildman–Crippen MR) is 107 cm³/mol. The van der Waals surface area contributed by atoms with E-state index >= 15 is 0 Å². The zero-order valence-electron chi connectivity index (χ0n) is 17.1. The van der Waals surface area contributed by atoms with E-state index in [0.29, 0.717) is 5.56 Å². The minimum absolute atomic E-state index is 0.0283. The van der Waals surface area contributed by atoms with E-state index < -0.39 is 44.1 Å². The number of pyridine rings is 1. The molecule has 3 rings (SSSR count). The highest BCUT2D eigenvalue weighted by Gasteiger charge is 2.37. The predicted octanol–water partition coefficient (Wildman–Crippen LogP) is 0.610. The first kappa shape index (κ1) is 24.1. The molecule has 3 heterocycles. The molecule has 1 fully saturated rings. The van der Waals surface area contributed by atoms with Crippen molar-refractivity contribution >= 4 is 7.82 Å². The SMILES string of the molecule is Cc1ccnc(C)c1C.Cc1cn([C@H]2C[C@H](O)[C@@H](COP(=O)(O)O)O2)c(=O)[nH]c1=O. The van der Waals surface area contributed by atoms with E-state index in [4.69, 9.17) is 14.5 Å². The number of aromatic nitrogens is 3. The maximum Gasteiger partial charge on any atom is 0.469 e. The maximum atomic E-state index is 11.7. The van der Waals surface area contributed by atoms with Crippen LogP contribution in [0.5, 0.6) is 0 Å². The Morgan fingerprint density at radius 1 is 1.27 bits per heavy atom. The van der Waals surface area contributed by atoms with Crippen molar-refractivity contribution in [2.45, 2.75) is 52.6 Å². The average molecular weight is 443 g/mol. The molecule has 3 atom stereocenters. The van der Waals surface area contributed by atoms with E-state index in [1.807, 2.05) is 19.2 Å². The van der Waals surface area contributed by atoms with Crippen LogP contribution in [0.2, 0.25) is 0 Å². The van der Waals surface area contributed by atoms with Crippen LogP contribution >= 0.6 is 7.82 Å². The van der Waals surface area contributed by atoms with Gasteiger partial charge in [0.15, 0.2) is 0 Å². The molecule has 0 aliphatic carbocycles. The van der Waals surface area contributed by atoms with Crippen molar-refractivity contribution in [2.24, 2.45) is 0 Å². The first-order chi connectivity index (χ1) is 13.9. The molecular weight excluding hydrogens is 417 g/mol. The molecule has 30 heavy (non-hydrogen) atoms. The first-order valence-corrected chi connectivity index (χ1v) is 10.7. The highest BCUT2D eigenvalue weighted by molar-refractivity contribution is 7.46. The van der Waals surface area contributed by atoms with Gasteiger partial charge in [-0.25, -0.2) is 9.36 Å². The standard InChI is InChI=1S/C10H15N2O8P.C8H11N/c1-5-3-12(10(15)11-9(5)14)8-2-6(13)7(20-8)4-19-21(16,17)18;1-6-4-5-9-8(3)7(6)2/h3,6-8,13H,2,4H2,1H3,(H,11,14,15)(H2,16,17,18);4-5H,1-3H3/t6-,7+,8+;/m0./s1. The van der Waals surface area contributed by atoms with Crippen LogP contribution in [0, 0.1) is 27.7 Å². The topological polar surface area (TPSA) is 164 Å². The Bertz CT molecular complexity index is 1020. The van der Waals surface area contributed by atoms with Crippen LogP contribution in [0.25, 0.3) is 0 Å². The fraction of sp³-hybridized carbons (Fsp3) is 0.500. The third kappa shape index (κ3) is 6.43. The van der Waals surface area contributed by atoms with E-state index in [2.05, 4.69) is 28.3 Å². The van der Waals surface area contributed by atoms with Crippen molar-refractivity contribution in [3.05, 3.63) is 61.7 Å². The lowest BCUT2D eigenvalue weighted by molar-refractivity contribution is -0.0451. The molecule has 0 unspecified atom stereocenters. The van der Waals surface area contributed by atoms with Gasteiger partial charge in [0, 0.05) is 30.1 Å². The minimum Gasteiger partial charge on any atom is -0.390 e. The summed E-state index contributed by atoms with van der Waals surface area (Å²) < 4.78 is 21.4. The molecule has 0 amide bonds. The van der Waals surface area contributed by atoms with Crippen LogP contribution in [0.4, 0.5) is 0 Å². The van der Waals surface area contributed by atoms with Crippen molar-refractivity contribution < 1.29 is 28.7 Å². The van der Waals surface area contributed by atoms with Crippen LogP contribution in [-0.4, -0.2) is 48.2 Å². The van der Waals surface area contributed by atoms with Gasteiger partial charge < -0.3 is 19.6 Å². The van der Waals surface area contributed by atoms with Crippen LogP contribution in [-0.2, 0) is 13.8 Å². The first-order valence-electron chi connectivity index (χ1n) is 9.13. The van der Waals surface area contributed by atoms with Crippen LogP contribution < -0.4 is 11.2 Å². The third-order valence-electron chi connectivity index (χ3n) is 4.79. The van der Waals surface area contributed by atoms with Gasteiger partial charge in [0.2, 0.25) is 0 Å². The normalized spacial score (nSPS) is 21.2. The summed E-state index contributed by atoms with van der Waals surface area (Å²) in [6, 6.07) is 2.03. The molecule has 0 bridgehead atoms. The molecule has 0 spiro atoms. The second-order valence-corrected chi connectivity index (χ2v) is 8.27. The molecule has 12 heteroatoms. The Labute approximate surface area is 172 Å². The van der Waals surface area contributed by atoms with Crippen molar-refractivity contribution in [1.82, 2.24) is 14.5 Å². The Morgan fingerprint density at radius 2 is 1.93 bits per heavy atom. The number of H-pyrrole nitrogens is 1. The Balaban J connectivity index is 0.000000297. The number of phosphoric ester groups is 1. The summed E-state index contributed by atoms with van der Waals surface area (Å²) in [6.45, 7) is 7.22. The van der Waals surface area contributed by atoms with Gasteiger partial charge in [-0.1, -0.05) is 0 Å². The number of aliphatic hydroxyl groups excluding tert-OH is 1. The zero-order chi connectivity index (χ0) is 22.6. The Kier molecular flexibility index (Phi) is 7.87. The van der Waals surface area contributed by atoms with Gasteiger partial charge >= 0.3 is 13.5 Å². The summed E-state index contributed by atoms with van der Waals surface area (Å²) in [5.74, 6) is 0. The molecule has 1 saturated heterocycles. The van der Waals surface area contributed by atoms with Gasteiger partial charge in [0.1, 0.15) is 12.3 Å². The lowest BCUT2D eigenvalue weighted by Crippen LogP contribution is -2.33. The van der Waals surface area contributed by atoms with Gasteiger partial charge in [0.05, 0.1) is 12.7 Å². The smallest absolute Gasteiger partial charge is 0.390 e. The summed E-state index contributed by atoms with van der Waals surface area (Å²) in [7, 11) is -4.67. The lowest BCUT2D eigenvalue weighted by atomic mass is 10.1. The Morgan fingerprint density at radius 3 is 2.50 bits per heavy atom. The summed E-state index contributed by atoms with van der Waals surface area (Å²) in [6.07, 6.45) is 0.277. The molecule has 2 aromatic rings. The zero-order valence-corrected chi connectivity index (χ0v) is 18.0. The van der Waals surface area contributed by atoms with Crippen LogP contribution in [0.15, 0.2) is 28.0 Å². The van der Waals surface area contributed by atoms with Crippen molar-refractivity contribution in [2.75, 3.05) is 6.61 Å². The molecule has 0 aromatic carbocycles. The third-order valence-corrected chi connectivity index (χ3v) is 5.28. The molecule has 4 N–H and O–H groups in total. The second-order valence-electron chi connectivity index (χ2n) is 7.04. The number of aryl methyl sites for hydroxylation is 3. The van der Waals surface area contributed by atoms with Gasteiger partial charge in [-0.3, -0.25) is 23.9 Å². The van der Waals surface area contributed by atoms with Gasteiger partial charge in [-0.05, 0) is 44.9 Å². The summed E-state index contributed by atoms with van der Waals surface area (Å²) in [5.41, 5.74) is 2.84. The molecule has 2 aromatic heterocycles. The van der Waals surface area contributed by atoms with Crippen molar-refractivity contribution in [1.29, 1.82) is 0 Å². The fourth-order valence-electron chi connectivity index (χ4n) is 2.77. The number of ether oxygens (including phenoxy) is 1. The van der Waals surface area contributed by atoms with E-state index in [0.717, 1.165) is 10.3 Å². The fourth-order valence-corrected chi connectivity index (χ4v) is 3.12. The summed E-state index contributed by atoms with van der Waals surface area (Å²) in [4.78, 5) is 46.5. The maximum absolute atomic E-state index is 11.7. The number of aromatic amines is 1. The van der Waals surface area contributed by atoms with E-state index in [-0.39, 0.29) is 6.42 Å². The van der Waals surface area contributed by atoms with E-state index in [1.165, 1.54) is 24.2 Å². The minimum atomic E-state index is -4.67. The highest BCUT2D eigenvalue weighted by atomic mass is 31.2. The number of nitrogens with one attached hydrogen (secondary N) is 1. The average Bonchev–Trinajstić information content (AvgIpc) is 3.01. The summed E-state index contributed by atoms with van der Waals surface area (Å²) in [5, 5.41) is 9.79. The highest BCUT2D eigenvalue weighted by Crippen LogP contribution is 2.38. The molecule has 166 valence electrons. The molecular formula is C18H26N3O8P. The van der Waals surface area contributed by atoms with E-state index in [9.17, 15) is 19.3 Å². The van der Waals surface area contributed by atoms with Crippen molar-refractivity contribution in [3.8, 4) is 0 Å². The number of nitrogens with zero attached hydrogens (tertiary/aromatic N) is 2.